The van der Waals surface area contributed by atoms with Crippen molar-refractivity contribution in [1.82, 2.24) is 0 Å². The number of methoxy groups -OCH3 is 1. The lowest BCUT2D eigenvalue weighted by molar-refractivity contribution is 0.0617. The van der Waals surface area contributed by atoms with E-state index in [-0.39, 0.29) is 0 Å². The Kier molecular flexibility index (Phi) is 4.06. The highest BCUT2D eigenvalue weighted by molar-refractivity contribution is 5.58. The molecule has 0 amide bonds. The van der Waals surface area contributed by atoms with E-state index in [1.807, 2.05) is 6.07 Å². The first-order chi connectivity index (χ1) is 8.31. The quantitative estimate of drug-likeness (QED) is 0.618. The third-order valence-electron chi connectivity index (χ3n) is 2.49. The average molecular weight is 239 g/mol. The van der Waals surface area contributed by atoms with E-state index in [1.54, 1.807) is 13.2 Å². The third-order valence-corrected chi connectivity index (χ3v) is 2.49. The molecule has 0 fully saturated rings. The van der Waals surface area contributed by atoms with Crippen LogP contribution in [0.4, 0.5) is 5.69 Å². The third kappa shape index (κ3) is 3.01. The van der Waals surface area contributed by atoms with E-state index in [0.717, 1.165) is 11.3 Å². The molecule has 0 saturated heterocycles. The molecule has 1 aliphatic rings. The van der Waals surface area contributed by atoms with Crippen LogP contribution >= 0.6 is 0 Å². The van der Waals surface area contributed by atoms with Gasteiger partial charge in [0, 0.05) is 24.4 Å². The summed E-state index contributed by atoms with van der Waals surface area (Å²) in [5.41, 5.74) is 7.48. The SMILES string of the molecule is COCCOCc1cc2c(cc1N)OCCO2. The summed E-state index contributed by atoms with van der Waals surface area (Å²) in [7, 11) is 1.64. The number of anilines is 1. The minimum atomic E-state index is 0.450. The average Bonchev–Trinajstić information content (AvgIpc) is 2.35. The molecule has 0 radical (unpaired) electrons. The van der Waals surface area contributed by atoms with E-state index in [1.165, 1.54) is 0 Å². The van der Waals surface area contributed by atoms with Gasteiger partial charge in [-0.05, 0) is 6.07 Å². The second-order valence-electron chi connectivity index (χ2n) is 3.74. The van der Waals surface area contributed by atoms with Crippen LogP contribution in [0.5, 0.6) is 11.5 Å². The number of hydrogen-bond acceptors (Lipinski definition) is 5. The summed E-state index contributed by atoms with van der Waals surface area (Å²) < 4.78 is 21.3. The molecule has 17 heavy (non-hydrogen) atoms. The van der Waals surface area contributed by atoms with Gasteiger partial charge in [-0.3, -0.25) is 0 Å². The van der Waals surface area contributed by atoms with Gasteiger partial charge in [0.2, 0.25) is 0 Å². The summed E-state index contributed by atoms with van der Waals surface area (Å²) in [6.07, 6.45) is 0. The minimum Gasteiger partial charge on any atom is -0.486 e. The zero-order valence-electron chi connectivity index (χ0n) is 9.90. The number of fused-ring (bicyclic) bond motifs is 1. The summed E-state index contributed by atoms with van der Waals surface area (Å²) in [6, 6.07) is 3.65. The van der Waals surface area contributed by atoms with Gasteiger partial charge in [-0.2, -0.15) is 0 Å². The van der Waals surface area contributed by atoms with Crippen molar-refractivity contribution in [2.45, 2.75) is 6.61 Å². The number of hydrogen-bond donors (Lipinski definition) is 1. The first-order valence-corrected chi connectivity index (χ1v) is 5.56. The van der Waals surface area contributed by atoms with Crippen molar-refractivity contribution in [3.05, 3.63) is 17.7 Å². The van der Waals surface area contributed by atoms with Crippen LogP contribution in [0.2, 0.25) is 0 Å². The fourth-order valence-electron chi connectivity index (χ4n) is 1.60. The van der Waals surface area contributed by atoms with Crippen LogP contribution < -0.4 is 15.2 Å². The van der Waals surface area contributed by atoms with Crippen LogP contribution in [0.1, 0.15) is 5.56 Å². The van der Waals surface area contributed by atoms with E-state index < -0.39 is 0 Å². The maximum Gasteiger partial charge on any atom is 0.163 e. The monoisotopic (exact) mass is 239 g/mol. The summed E-state index contributed by atoms with van der Waals surface area (Å²) in [6.45, 7) is 2.71. The van der Waals surface area contributed by atoms with Gasteiger partial charge in [0.15, 0.2) is 11.5 Å². The van der Waals surface area contributed by atoms with Gasteiger partial charge in [0.05, 0.1) is 19.8 Å². The summed E-state index contributed by atoms with van der Waals surface area (Å²) in [5.74, 6) is 1.44. The molecule has 1 aromatic rings. The Bertz CT molecular complexity index is 381. The van der Waals surface area contributed by atoms with Gasteiger partial charge in [-0.15, -0.1) is 0 Å². The fraction of sp³-hybridized carbons (Fsp3) is 0.500. The first-order valence-electron chi connectivity index (χ1n) is 5.56. The topological polar surface area (TPSA) is 62.9 Å². The highest BCUT2D eigenvalue weighted by atomic mass is 16.6. The summed E-state index contributed by atoms with van der Waals surface area (Å²) >= 11 is 0. The molecule has 0 atom stereocenters. The van der Waals surface area contributed by atoms with Crippen molar-refractivity contribution in [2.24, 2.45) is 0 Å². The van der Waals surface area contributed by atoms with E-state index >= 15 is 0 Å². The smallest absolute Gasteiger partial charge is 0.163 e. The molecule has 1 aromatic carbocycles. The summed E-state index contributed by atoms with van der Waals surface area (Å²) in [4.78, 5) is 0. The Morgan fingerprint density at radius 3 is 2.59 bits per heavy atom. The van der Waals surface area contributed by atoms with E-state index in [0.29, 0.717) is 44.5 Å². The van der Waals surface area contributed by atoms with Gasteiger partial charge < -0.3 is 24.7 Å². The van der Waals surface area contributed by atoms with Gasteiger partial charge in [0.25, 0.3) is 0 Å². The largest absolute Gasteiger partial charge is 0.486 e. The molecule has 0 saturated carbocycles. The Labute approximate surface area is 100 Å². The lowest BCUT2D eigenvalue weighted by Gasteiger charge is -2.20. The number of benzene rings is 1. The zero-order valence-corrected chi connectivity index (χ0v) is 9.90. The second-order valence-corrected chi connectivity index (χ2v) is 3.74. The molecular formula is C12H17NO4. The molecule has 2 N–H and O–H groups in total. The molecular weight excluding hydrogens is 222 g/mol. The summed E-state index contributed by atoms with van der Waals surface area (Å²) in [5, 5.41) is 0. The first kappa shape index (κ1) is 12.0. The molecule has 0 spiro atoms. The lowest BCUT2D eigenvalue weighted by atomic mass is 10.1. The van der Waals surface area contributed by atoms with Crippen molar-refractivity contribution in [3.8, 4) is 11.5 Å². The molecule has 5 heteroatoms. The van der Waals surface area contributed by atoms with Gasteiger partial charge in [-0.1, -0.05) is 0 Å². The molecule has 0 aliphatic carbocycles. The van der Waals surface area contributed by atoms with Gasteiger partial charge >= 0.3 is 0 Å². The number of ether oxygens (including phenoxy) is 4. The molecule has 1 aliphatic heterocycles. The van der Waals surface area contributed by atoms with E-state index in [2.05, 4.69) is 0 Å². The van der Waals surface area contributed by atoms with Crippen LogP contribution in [0.3, 0.4) is 0 Å². The normalized spacial score (nSPS) is 13.7. The van der Waals surface area contributed by atoms with Crippen molar-refractivity contribution in [1.29, 1.82) is 0 Å². The molecule has 2 rings (SSSR count). The lowest BCUT2D eigenvalue weighted by Crippen LogP contribution is -2.16. The predicted octanol–water partition coefficient (Wildman–Crippen LogP) is 1.20. The van der Waals surface area contributed by atoms with E-state index in [4.69, 9.17) is 24.7 Å². The second kappa shape index (κ2) is 5.75. The van der Waals surface area contributed by atoms with Gasteiger partial charge in [0.1, 0.15) is 13.2 Å². The highest BCUT2D eigenvalue weighted by Gasteiger charge is 2.14. The maximum absolute atomic E-state index is 5.91. The van der Waals surface area contributed by atoms with Crippen molar-refractivity contribution in [3.63, 3.8) is 0 Å². The van der Waals surface area contributed by atoms with Crippen LogP contribution in [-0.2, 0) is 16.1 Å². The zero-order chi connectivity index (χ0) is 12.1. The van der Waals surface area contributed by atoms with Crippen LogP contribution in [-0.4, -0.2) is 33.5 Å². The predicted molar refractivity (Wildman–Crippen MR) is 63.4 cm³/mol. The Morgan fingerprint density at radius 2 is 1.88 bits per heavy atom. The molecule has 5 nitrogen and oxygen atoms in total. The van der Waals surface area contributed by atoms with Crippen molar-refractivity contribution in [2.75, 3.05) is 39.3 Å². The van der Waals surface area contributed by atoms with Gasteiger partial charge in [-0.25, -0.2) is 0 Å². The fourth-order valence-corrected chi connectivity index (χ4v) is 1.60. The number of rotatable bonds is 5. The van der Waals surface area contributed by atoms with Crippen molar-refractivity contribution >= 4 is 5.69 Å². The number of nitrogen functional groups attached to an aromatic ring is 1. The Morgan fingerprint density at radius 1 is 1.18 bits per heavy atom. The Balaban J connectivity index is 2.01. The van der Waals surface area contributed by atoms with Crippen LogP contribution in [0.25, 0.3) is 0 Å². The van der Waals surface area contributed by atoms with Crippen LogP contribution in [0.15, 0.2) is 12.1 Å². The molecule has 94 valence electrons. The molecule has 0 unspecified atom stereocenters. The minimum absolute atomic E-state index is 0.450. The van der Waals surface area contributed by atoms with E-state index in [9.17, 15) is 0 Å². The Hall–Kier alpha value is -1.46. The van der Waals surface area contributed by atoms with Crippen molar-refractivity contribution < 1.29 is 18.9 Å². The van der Waals surface area contributed by atoms with Crippen LogP contribution in [0, 0.1) is 0 Å². The molecule has 0 aromatic heterocycles. The highest BCUT2D eigenvalue weighted by Crippen LogP contribution is 2.34. The number of nitrogens with two attached hydrogens (primary N) is 1. The molecule has 0 bridgehead atoms. The maximum atomic E-state index is 5.91. The molecule has 1 heterocycles. The standard InChI is InChI=1S/C12H17NO4/c1-14-2-3-15-8-9-6-11-12(7-10(9)13)17-5-4-16-11/h6-7H,2-5,8,13H2,1H3.